The summed E-state index contributed by atoms with van der Waals surface area (Å²) >= 11 is 0. The molecular weight excluding hydrogens is 292 g/mol. The lowest BCUT2D eigenvalue weighted by Gasteiger charge is -2.08. The first kappa shape index (κ1) is 15.0. The number of nitrogens with zero attached hydrogens (tertiary/aromatic N) is 3. The van der Waals surface area contributed by atoms with Crippen molar-refractivity contribution in [3.05, 3.63) is 54.0 Å². The van der Waals surface area contributed by atoms with Crippen LogP contribution < -0.4 is 10.5 Å². The average Bonchev–Trinajstić information content (AvgIpc) is 2.92. The Balaban J connectivity index is 1.83. The van der Waals surface area contributed by atoms with Crippen LogP contribution in [0.25, 0.3) is 5.65 Å². The van der Waals surface area contributed by atoms with Crippen molar-refractivity contribution in [2.45, 2.75) is 26.2 Å². The standard InChI is InChI=1S/C17H18N4O2/c1-11(2)17-20-19-16-8-7-14(10-21(16)17)23-13-5-3-12(4-6-13)9-15(18)22/h3-8,10-11H,9H2,1-2H3,(H2,18,22). The third-order valence-corrected chi connectivity index (χ3v) is 3.46. The van der Waals surface area contributed by atoms with E-state index in [0.717, 1.165) is 17.0 Å². The Morgan fingerprint density at radius 1 is 1.13 bits per heavy atom. The maximum Gasteiger partial charge on any atom is 0.221 e. The SMILES string of the molecule is CC(C)c1nnc2ccc(Oc3ccc(CC(N)=O)cc3)cn12. The van der Waals surface area contributed by atoms with E-state index in [2.05, 4.69) is 24.0 Å². The molecule has 0 spiro atoms. The number of primary amides is 1. The van der Waals surface area contributed by atoms with Gasteiger partial charge in [-0.3, -0.25) is 9.20 Å². The molecule has 0 radical (unpaired) electrons. The van der Waals surface area contributed by atoms with E-state index >= 15 is 0 Å². The number of amides is 1. The smallest absolute Gasteiger partial charge is 0.221 e. The zero-order valence-corrected chi connectivity index (χ0v) is 13.1. The summed E-state index contributed by atoms with van der Waals surface area (Å²) < 4.78 is 7.79. The fraction of sp³-hybridized carbons (Fsp3) is 0.235. The number of carbonyl (C=O) groups excluding carboxylic acids is 1. The van der Waals surface area contributed by atoms with Gasteiger partial charge < -0.3 is 10.5 Å². The van der Waals surface area contributed by atoms with Crippen LogP contribution in [0.2, 0.25) is 0 Å². The number of carbonyl (C=O) groups is 1. The van der Waals surface area contributed by atoms with E-state index in [1.165, 1.54) is 0 Å². The molecule has 0 aliphatic rings. The van der Waals surface area contributed by atoms with Crippen LogP contribution in [0.3, 0.4) is 0 Å². The third-order valence-electron chi connectivity index (χ3n) is 3.46. The highest BCUT2D eigenvalue weighted by Crippen LogP contribution is 2.23. The fourth-order valence-corrected chi connectivity index (χ4v) is 2.36. The summed E-state index contributed by atoms with van der Waals surface area (Å²) in [5.41, 5.74) is 6.83. The molecule has 0 saturated heterocycles. The Kier molecular flexibility index (Phi) is 3.97. The number of fused-ring (bicyclic) bond motifs is 1. The number of pyridine rings is 1. The van der Waals surface area contributed by atoms with Gasteiger partial charge in [-0.05, 0) is 29.8 Å². The highest BCUT2D eigenvalue weighted by atomic mass is 16.5. The quantitative estimate of drug-likeness (QED) is 0.785. The number of hydrogen-bond acceptors (Lipinski definition) is 4. The molecule has 6 heteroatoms. The molecule has 2 heterocycles. The van der Waals surface area contributed by atoms with E-state index in [1.54, 1.807) is 0 Å². The van der Waals surface area contributed by atoms with Crippen molar-refractivity contribution in [3.8, 4) is 11.5 Å². The Morgan fingerprint density at radius 3 is 2.48 bits per heavy atom. The van der Waals surface area contributed by atoms with Crippen molar-refractivity contribution < 1.29 is 9.53 Å². The molecule has 0 aliphatic heterocycles. The summed E-state index contributed by atoms with van der Waals surface area (Å²) in [5, 5.41) is 8.34. The van der Waals surface area contributed by atoms with Crippen molar-refractivity contribution in [1.29, 1.82) is 0 Å². The predicted octanol–water partition coefficient (Wildman–Crippen LogP) is 2.67. The zero-order chi connectivity index (χ0) is 16.4. The van der Waals surface area contributed by atoms with E-state index in [0.29, 0.717) is 11.5 Å². The van der Waals surface area contributed by atoms with Crippen LogP contribution >= 0.6 is 0 Å². The third kappa shape index (κ3) is 3.31. The molecule has 3 aromatic rings. The van der Waals surface area contributed by atoms with E-state index in [9.17, 15) is 4.79 Å². The van der Waals surface area contributed by atoms with Gasteiger partial charge in [0.15, 0.2) is 5.65 Å². The minimum absolute atomic E-state index is 0.227. The molecule has 0 saturated carbocycles. The van der Waals surface area contributed by atoms with E-state index in [-0.39, 0.29) is 18.2 Å². The molecule has 1 amide bonds. The molecule has 0 atom stereocenters. The highest BCUT2D eigenvalue weighted by molar-refractivity contribution is 5.76. The lowest BCUT2D eigenvalue weighted by Crippen LogP contribution is -2.13. The van der Waals surface area contributed by atoms with Crippen LogP contribution in [-0.4, -0.2) is 20.5 Å². The Bertz CT molecular complexity index is 837. The first-order chi connectivity index (χ1) is 11.0. The number of rotatable bonds is 5. The number of hydrogen-bond donors (Lipinski definition) is 1. The molecule has 0 bridgehead atoms. The molecule has 6 nitrogen and oxygen atoms in total. The van der Waals surface area contributed by atoms with E-state index in [1.807, 2.05) is 47.0 Å². The van der Waals surface area contributed by atoms with Crippen LogP contribution in [0.15, 0.2) is 42.6 Å². The van der Waals surface area contributed by atoms with Crippen molar-refractivity contribution >= 4 is 11.6 Å². The second kappa shape index (κ2) is 6.08. The minimum atomic E-state index is -0.349. The first-order valence-corrected chi connectivity index (χ1v) is 7.42. The molecule has 2 aromatic heterocycles. The fourth-order valence-electron chi connectivity index (χ4n) is 2.36. The van der Waals surface area contributed by atoms with Crippen LogP contribution in [0, 0.1) is 0 Å². The molecule has 0 fully saturated rings. The van der Waals surface area contributed by atoms with Crippen molar-refractivity contribution in [2.75, 3.05) is 0 Å². The first-order valence-electron chi connectivity index (χ1n) is 7.42. The summed E-state index contributed by atoms with van der Waals surface area (Å²) in [5.74, 6) is 2.20. The lowest BCUT2D eigenvalue weighted by molar-refractivity contribution is -0.117. The zero-order valence-electron chi connectivity index (χ0n) is 13.1. The second-order valence-electron chi connectivity index (χ2n) is 5.70. The van der Waals surface area contributed by atoms with E-state index in [4.69, 9.17) is 10.5 Å². The van der Waals surface area contributed by atoms with Crippen molar-refractivity contribution in [1.82, 2.24) is 14.6 Å². The molecular formula is C17H18N4O2. The number of ether oxygens (including phenoxy) is 1. The van der Waals surface area contributed by atoms with Crippen LogP contribution in [0.4, 0.5) is 0 Å². The van der Waals surface area contributed by atoms with Gasteiger partial charge in [-0.1, -0.05) is 26.0 Å². The van der Waals surface area contributed by atoms with Gasteiger partial charge in [-0.2, -0.15) is 0 Å². The minimum Gasteiger partial charge on any atom is -0.456 e. The van der Waals surface area contributed by atoms with Crippen LogP contribution in [0.5, 0.6) is 11.5 Å². The van der Waals surface area contributed by atoms with Crippen molar-refractivity contribution in [2.24, 2.45) is 5.73 Å². The second-order valence-corrected chi connectivity index (χ2v) is 5.70. The molecule has 1 aromatic carbocycles. The van der Waals surface area contributed by atoms with Gasteiger partial charge in [0.25, 0.3) is 0 Å². The van der Waals surface area contributed by atoms with Gasteiger partial charge in [-0.25, -0.2) is 0 Å². The monoisotopic (exact) mass is 310 g/mol. The van der Waals surface area contributed by atoms with Gasteiger partial charge in [0.05, 0.1) is 12.6 Å². The lowest BCUT2D eigenvalue weighted by atomic mass is 10.1. The van der Waals surface area contributed by atoms with Gasteiger partial charge in [0.1, 0.15) is 17.3 Å². The van der Waals surface area contributed by atoms with Gasteiger partial charge >= 0.3 is 0 Å². The topological polar surface area (TPSA) is 82.5 Å². The van der Waals surface area contributed by atoms with Gasteiger partial charge in [0, 0.05) is 5.92 Å². The predicted molar refractivity (Wildman–Crippen MR) is 86.5 cm³/mol. The number of nitrogens with two attached hydrogens (primary N) is 1. The van der Waals surface area contributed by atoms with Gasteiger partial charge in [-0.15, -0.1) is 10.2 Å². The molecule has 118 valence electrons. The molecule has 0 aliphatic carbocycles. The van der Waals surface area contributed by atoms with Crippen LogP contribution in [-0.2, 0) is 11.2 Å². The summed E-state index contributed by atoms with van der Waals surface area (Å²) in [6, 6.07) is 11.0. The Hall–Kier alpha value is -2.89. The Morgan fingerprint density at radius 2 is 1.83 bits per heavy atom. The summed E-state index contributed by atoms with van der Waals surface area (Å²) in [4.78, 5) is 10.9. The molecule has 23 heavy (non-hydrogen) atoms. The maximum atomic E-state index is 10.9. The summed E-state index contributed by atoms with van der Waals surface area (Å²) in [6.07, 6.45) is 2.10. The molecule has 2 N–H and O–H groups in total. The van der Waals surface area contributed by atoms with Crippen LogP contribution in [0.1, 0.15) is 31.2 Å². The average molecular weight is 310 g/mol. The Labute approximate surface area is 133 Å². The maximum absolute atomic E-state index is 10.9. The van der Waals surface area contributed by atoms with Gasteiger partial charge in [0.2, 0.25) is 5.91 Å². The normalized spacial score (nSPS) is 11.1. The number of aromatic nitrogens is 3. The number of benzene rings is 1. The molecule has 0 unspecified atom stereocenters. The summed E-state index contributed by atoms with van der Waals surface area (Å²) in [6.45, 7) is 4.14. The molecule has 3 rings (SSSR count). The van der Waals surface area contributed by atoms with E-state index < -0.39 is 0 Å². The summed E-state index contributed by atoms with van der Waals surface area (Å²) in [7, 11) is 0. The highest BCUT2D eigenvalue weighted by Gasteiger charge is 2.10. The largest absolute Gasteiger partial charge is 0.456 e. The van der Waals surface area contributed by atoms with Crippen molar-refractivity contribution in [3.63, 3.8) is 0 Å².